The predicted octanol–water partition coefficient (Wildman–Crippen LogP) is 0.386. The van der Waals surface area contributed by atoms with E-state index in [0.29, 0.717) is 23.4 Å². The molecule has 0 radical (unpaired) electrons. The molecule has 0 bridgehead atoms. The molecule has 1 aliphatic heterocycles. The van der Waals surface area contributed by atoms with Crippen LogP contribution < -0.4 is 16.2 Å². The zero-order valence-corrected chi connectivity index (χ0v) is 11.6. The first-order valence-electron chi connectivity index (χ1n) is 6.85. The molecule has 0 aliphatic carbocycles. The summed E-state index contributed by atoms with van der Waals surface area (Å²) in [5.74, 6) is -0.0185. The number of nitro groups is 1. The van der Waals surface area contributed by atoms with Crippen molar-refractivity contribution in [2.75, 3.05) is 19.6 Å². The summed E-state index contributed by atoms with van der Waals surface area (Å²) in [5, 5.41) is 17.1. The average molecular weight is 302 g/mol. The standard InChI is InChI=1S/C14H14N4O4/c19-13-4-11(14(20)16-7-8-5-15-6-8)10-3-9(18(21)22)1-2-12(10)17-13/h1-4,8,15H,5-7H2,(H,16,20)(H,17,19). The van der Waals surface area contributed by atoms with Crippen molar-refractivity contribution in [2.45, 2.75) is 0 Å². The average Bonchev–Trinajstić information content (AvgIpc) is 2.43. The lowest BCUT2D eigenvalue weighted by Gasteiger charge is -2.27. The Hall–Kier alpha value is -2.74. The topological polar surface area (TPSA) is 117 Å². The number of nitro benzene ring substituents is 1. The van der Waals surface area contributed by atoms with Crippen LogP contribution in [-0.4, -0.2) is 35.4 Å². The molecule has 1 aliphatic rings. The number of carbonyl (C=O) groups excluding carboxylic acids is 1. The van der Waals surface area contributed by atoms with Crippen LogP contribution in [0.4, 0.5) is 5.69 Å². The molecule has 0 atom stereocenters. The first-order chi connectivity index (χ1) is 10.5. The first-order valence-corrected chi connectivity index (χ1v) is 6.85. The number of H-pyrrole nitrogens is 1. The number of nitrogens with one attached hydrogen (secondary N) is 3. The maximum Gasteiger partial charge on any atom is 0.270 e. The lowest BCUT2D eigenvalue weighted by Crippen LogP contribution is -2.48. The van der Waals surface area contributed by atoms with E-state index >= 15 is 0 Å². The molecule has 3 N–H and O–H groups in total. The molecule has 8 nitrogen and oxygen atoms in total. The Morgan fingerprint density at radius 3 is 2.77 bits per heavy atom. The van der Waals surface area contributed by atoms with E-state index in [2.05, 4.69) is 15.6 Å². The fourth-order valence-electron chi connectivity index (χ4n) is 2.37. The second-order valence-electron chi connectivity index (χ2n) is 5.27. The summed E-state index contributed by atoms with van der Waals surface area (Å²) >= 11 is 0. The highest BCUT2D eigenvalue weighted by molar-refractivity contribution is 6.06. The normalized spacial score (nSPS) is 14.5. The Morgan fingerprint density at radius 1 is 1.36 bits per heavy atom. The number of pyridine rings is 1. The van der Waals surface area contributed by atoms with E-state index in [1.807, 2.05) is 0 Å². The number of fused-ring (bicyclic) bond motifs is 1. The minimum Gasteiger partial charge on any atom is -0.352 e. The molecule has 1 amide bonds. The number of nitrogens with zero attached hydrogens (tertiary/aromatic N) is 1. The number of non-ortho nitro benzene ring substituents is 1. The van der Waals surface area contributed by atoms with Crippen LogP contribution in [0.15, 0.2) is 29.1 Å². The number of hydrogen-bond donors (Lipinski definition) is 3. The van der Waals surface area contributed by atoms with Gasteiger partial charge in [0.2, 0.25) is 5.56 Å². The summed E-state index contributed by atoms with van der Waals surface area (Å²) < 4.78 is 0. The van der Waals surface area contributed by atoms with Gasteiger partial charge in [-0.3, -0.25) is 19.7 Å². The highest BCUT2D eigenvalue weighted by Gasteiger charge is 2.19. The monoisotopic (exact) mass is 302 g/mol. The molecular formula is C14H14N4O4. The molecule has 114 valence electrons. The van der Waals surface area contributed by atoms with E-state index in [0.717, 1.165) is 13.1 Å². The van der Waals surface area contributed by atoms with E-state index in [1.54, 1.807) is 0 Å². The third kappa shape index (κ3) is 2.68. The number of rotatable bonds is 4. The van der Waals surface area contributed by atoms with Gasteiger partial charge >= 0.3 is 0 Å². The van der Waals surface area contributed by atoms with Crippen molar-refractivity contribution >= 4 is 22.5 Å². The van der Waals surface area contributed by atoms with Crippen LogP contribution in [0.25, 0.3) is 10.9 Å². The van der Waals surface area contributed by atoms with Crippen molar-refractivity contribution in [1.82, 2.24) is 15.6 Å². The van der Waals surface area contributed by atoms with Gasteiger partial charge in [0.05, 0.1) is 10.5 Å². The van der Waals surface area contributed by atoms with Crippen molar-refractivity contribution in [3.8, 4) is 0 Å². The first kappa shape index (κ1) is 14.2. The van der Waals surface area contributed by atoms with E-state index in [1.165, 1.54) is 24.3 Å². The summed E-state index contributed by atoms with van der Waals surface area (Å²) in [6, 6.07) is 5.19. The van der Waals surface area contributed by atoms with Gasteiger partial charge in [-0.2, -0.15) is 0 Å². The van der Waals surface area contributed by atoms with E-state index in [4.69, 9.17) is 0 Å². The molecule has 1 aromatic carbocycles. The van der Waals surface area contributed by atoms with Crippen molar-refractivity contribution < 1.29 is 9.72 Å². The van der Waals surface area contributed by atoms with Crippen LogP contribution >= 0.6 is 0 Å². The lowest BCUT2D eigenvalue weighted by molar-refractivity contribution is -0.384. The van der Waals surface area contributed by atoms with Crippen molar-refractivity contribution in [1.29, 1.82) is 0 Å². The molecular weight excluding hydrogens is 288 g/mol. The molecule has 0 saturated carbocycles. The Kier molecular flexibility index (Phi) is 3.60. The molecule has 0 spiro atoms. The van der Waals surface area contributed by atoms with E-state index in [-0.39, 0.29) is 11.3 Å². The van der Waals surface area contributed by atoms with Gasteiger partial charge in [0.1, 0.15) is 0 Å². The Bertz CT molecular complexity index is 810. The number of carbonyl (C=O) groups is 1. The van der Waals surface area contributed by atoms with Gasteiger partial charge in [-0.25, -0.2) is 0 Å². The maximum atomic E-state index is 12.3. The number of aromatic nitrogens is 1. The SMILES string of the molecule is O=C(NCC1CNC1)c1cc(=O)[nH]c2ccc([N+](=O)[O-])cc12. The predicted molar refractivity (Wildman–Crippen MR) is 79.9 cm³/mol. The van der Waals surface area contributed by atoms with Gasteiger partial charge in [-0.1, -0.05) is 0 Å². The number of benzene rings is 1. The molecule has 0 unspecified atom stereocenters. The quantitative estimate of drug-likeness (QED) is 0.557. The van der Waals surface area contributed by atoms with Gasteiger partial charge in [0, 0.05) is 54.7 Å². The number of amides is 1. The molecule has 3 rings (SSSR count). The Balaban J connectivity index is 1.98. The number of aromatic amines is 1. The molecule has 1 fully saturated rings. The third-order valence-corrected chi connectivity index (χ3v) is 3.70. The molecule has 1 saturated heterocycles. The second kappa shape index (κ2) is 5.57. The minimum absolute atomic E-state index is 0.128. The summed E-state index contributed by atoms with van der Waals surface area (Å²) in [5.41, 5.74) is -0.00287. The fraction of sp³-hybridized carbons (Fsp3) is 0.286. The van der Waals surface area contributed by atoms with Gasteiger partial charge < -0.3 is 15.6 Å². The molecule has 8 heteroatoms. The van der Waals surface area contributed by atoms with Crippen LogP contribution in [0.1, 0.15) is 10.4 Å². The van der Waals surface area contributed by atoms with Crippen LogP contribution in [0.3, 0.4) is 0 Å². The number of hydrogen-bond acceptors (Lipinski definition) is 5. The van der Waals surface area contributed by atoms with Crippen LogP contribution in [-0.2, 0) is 0 Å². The lowest BCUT2D eigenvalue weighted by atomic mass is 10.0. The van der Waals surface area contributed by atoms with Gasteiger partial charge in [-0.05, 0) is 6.07 Å². The van der Waals surface area contributed by atoms with Gasteiger partial charge in [-0.15, -0.1) is 0 Å². The van der Waals surface area contributed by atoms with Crippen molar-refractivity contribution in [3.05, 3.63) is 50.3 Å². The van der Waals surface area contributed by atoms with Crippen molar-refractivity contribution in [2.24, 2.45) is 5.92 Å². The zero-order chi connectivity index (χ0) is 15.7. The fourth-order valence-corrected chi connectivity index (χ4v) is 2.37. The van der Waals surface area contributed by atoms with Crippen molar-refractivity contribution in [3.63, 3.8) is 0 Å². The second-order valence-corrected chi connectivity index (χ2v) is 5.27. The van der Waals surface area contributed by atoms with E-state index < -0.39 is 16.4 Å². The summed E-state index contributed by atoms with van der Waals surface area (Å²) in [4.78, 5) is 36.9. The molecule has 2 aromatic rings. The van der Waals surface area contributed by atoms with Crippen LogP contribution in [0, 0.1) is 16.0 Å². The van der Waals surface area contributed by atoms with Crippen LogP contribution in [0.2, 0.25) is 0 Å². The Morgan fingerprint density at radius 2 is 2.14 bits per heavy atom. The third-order valence-electron chi connectivity index (χ3n) is 3.70. The highest BCUT2D eigenvalue weighted by atomic mass is 16.6. The summed E-state index contributed by atoms with van der Waals surface area (Å²) in [6.45, 7) is 2.21. The largest absolute Gasteiger partial charge is 0.352 e. The molecule has 2 heterocycles. The van der Waals surface area contributed by atoms with Gasteiger partial charge in [0.15, 0.2) is 0 Å². The van der Waals surface area contributed by atoms with E-state index in [9.17, 15) is 19.7 Å². The summed E-state index contributed by atoms with van der Waals surface area (Å²) in [6.07, 6.45) is 0. The molecule has 1 aromatic heterocycles. The maximum absolute atomic E-state index is 12.3. The molecule has 22 heavy (non-hydrogen) atoms. The minimum atomic E-state index is -0.535. The van der Waals surface area contributed by atoms with Crippen LogP contribution in [0.5, 0.6) is 0 Å². The Labute approximate surface area is 124 Å². The van der Waals surface area contributed by atoms with Gasteiger partial charge in [0.25, 0.3) is 11.6 Å². The summed E-state index contributed by atoms with van der Waals surface area (Å²) in [7, 11) is 0. The highest BCUT2D eigenvalue weighted by Crippen LogP contribution is 2.21. The zero-order valence-electron chi connectivity index (χ0n) is 11.6. The smallest absolute Gasteiger partial charge is 0.270 e.